The Balaban J connectivity index is 2.10. The molecule has 0 aliphatic carbocycles. The number of rotatable bonds is 6. The number of sulfonamides is 1. The molecule has 3 N–H and O–H groups in total. The van der Waals surface area contributed by atoms with Gasteiger partial charge in [0, 0.05) is 17.1 Å². The molecule has 0 amide bonds. The van der Waals surface area contributed by atoms with E-state index in [2.05, 4.69) is 9.71 Å². The van der Waals surface area contributed by atoms with Gasteiger partial charge in [0.25, 0.3) is 0 Å². The van der Waals surface area contributed by atoms with Crippen LogP contribution in [-0.4, -0.2) is 18.4 Å². The van der Waals surface area contributed by atoms with Crippen LogP contribution in [0.4, 0.5) is 0 Å². The molecule has 0 saturated carbocycles. The van der Waals surface area contributed by atoms with Crippen molar-refractivity contribution in [1.82, 2.24) is 9.71 Å². The molecule has 0 saturated heterocycles. The molecule has 0 atom stereocenters. The molecule has 1 aromatic carbocycles. The summed E-state index contributed by atoms with van der Waals surface area (Å²) >= 11 is 6.32. The van der Waals surface area contributed by atoms with Crippen LogP contribution in [0.5, 0.6) is 0 Å². The largest absolute Gasteiger partial charge is 0.389 e. The van der Waals surface area contributed by atoms with Crippen molar-refractivity contribution in [3.05, 3.63) is 52.0 Å². The van der Waals surface area contributed by atoms with Crippen molar-refractivity contribution in [2.24, 2.45) is 5.73 Å². The van der Waals surface area contributed by atoms with Gasteiger partial charge in [0.15, 0.2) is 0 Å². The number of benzene rings is 1. The van der Waals surface area contributed by atoms with Crippen LogP contribution >= 0.6 is 23.6 Å². The monoisotopic (exact) mass is 327 g/mol. The van der Waals surface area contributed by atoms with Crippen LogP contribution in [0, 0.1) is 0 Å². The zero-order valence-electron chi connectivity index (χ0n) is 10.4. The number of aromatic nitrogens is 1. The average Bonchev–Trinajstić information content (AvgIpc) is 2.89. The first-order valence-electron chi connectivity index (χ1n) is 5.71. The topological polar surface area (TPSA) is 85.1 Å². The van der Waals surface area contributed by atoms with Crippen molar-refractivity contribution in [1.29, 1.82) is 0 Å². The molecule has 0 aliphatic rings. The average molecular weight is 327 g/mol. The van der Waals surface area contributed by atoms with Crippen molar-refractivity contribution < 1.29 is 8.42 Å². The van der Waals surface area contributed by atoms with Crippen LogP contribution in [0.1, 0.15) is 16.1 Å². The predicted molar refractivity (Wildman–Crippen MR) is 83.9 cm³/mol. The number of hydrogen-bond acceptors (Lipinski definition) is 5. The normalized spacial score (nSPS) is 11.4. The van der Waals surface area contributed by atoms with Crippen molar-refractivity contribution in [3.8, 4) is 0 Å². The highest BCUT2D eigenvalue weighted by molar-refractivity contribution is 7.88. The molecule has 0 fully saturated rings. The molecule has 0 unspecified atom stereocenters. The second-order valence-electron chi connectivity index (χ2n) is 4.03. The van der Waals surface area contributed by atoms with E-state index in [1.807, 2.05) is 0 Å². The Labute approximate surface area is 126 Å². The summed E-state index contributed by atoms with van der Waals surface area (Å²) in [5.74, 6) is -0.161. The minimum absolute atomic E-state index is 0.161. The molecule has 8 heteroatoms. The number of thiazole rings is 1. The van der Waals surface area contributed by atoms with E-state index >= 15 is 0 Å². The first-order valence-corrected chi connectivity index (χ1v) is 8.65. The highest BCUT2D eigenvalue weighted by atomic mass is 32.2. The van der Waals surface area contributed by atoms with Gasteiger partial charge in [-0.1, -0.05) is 36.5 Å². The van der Waals surface area contributed by atoms with Gasteiger partial charge in [0.1, 0.15) is 10.00 Å². The molecule has 0 bridgehead atoms. The molecule has 0 spiro atoms. The lowest BCUT2D eigenvalue weighted by molar-refractivity contribution is 0.580. The Morgan fingerprint density at radius 3 is 2.80 bits per heavy atom. The minimum Gasteiger partial charge on any atom is -0.389 e. The van der Waals surface area contributed by atoms with Crippen molar-refractivity contribution in [2.45, 2.75) is 12.3 Å². The molecule has 2 aromatic rings. The zero-order valence-corrected chi connectivity index (χ0v) is 12.9. The lowest BCUT2D eigenvalue weighted by atomic mass is 10.1. The van der Waals surface area contributed by atoms with E-state index < -0.39 is 10.0 Å². The van der Waals surface area contributed by atoms with Gasteiger partial charge in [-0.3, -0.25) is 0 Å². The third-order valence-electron chi connectivity index (χ3n) is 2.56. The fraction of sp³-hybridized carbons (Fsp3) is 0.167. The maximum absolute atomic E-state index is 12.1. The van der Waals surface area contributed by atoms with E-state index in [0.29, 0.717) is 11.1 Å². The number of nitrogens with one attached hydrogen (secondary N) is 1. The third-order valence-corrected chi connectivity index (χ3v) is 4.83. The summed E-state index contributed by atoms with van der Waals surface area (Å²) in [6.45, 7) is 0.190. The van der Waals surface area contributed by atoms with E-state index in [0.717, 1.165) is 5.01 Å². The van der Waals surface area contributed by atoms with Crippen LogP contribution < -0.4 is 10.5 Å². The summed E-state index contributed by atoms with van der Waals surface area (Å²) in [6.07, 6.45) is 1.64. The summed E-state index contributed by atoms with van der Waals surface area (Å²) in [5.41, 5.74) is 6.77. The van der Waals surface area contributed by atoms with E-state index in [1.165, 1.54) is 11.3 Å². The van der Waals surface area contributed by atoms with Crippen molar-refractivity contribution >= 4 is 38.6 Å². The Hall–Kier alpha value is -1.35. The Morgan fingerprint density at radius 2 is 2.15 bits per heavy atom. The number of thiocarbonyl (C=S) groups is 1. The van der Waals surface area contributed by atoms with E-state index in [4.69, 9.17) is 18.0 Å². The standard InChI is InChI=1S/C12H13N3O2S3/c13-12(18)10-4-2-1-3-9(10)8-20(16,17)15-7-11-14-5-6-19-11/h1-6,15H,7-8H2,(H2,13,18). The lowest BCUT2D eigenvalue weighted by Gasteiger charge is -2.09. The molecule has 20 heavy (non-hydrogen) atoms. The highest BCUT2D eigenvalue weighted by Crippen LogP contribution is 2.13. The third kappa shape index (κ3) is 4.07. The Kier molecular flexibility index (Phi) is 4.81. The van der Waals surface area contributed by atoms with Gasteiger partial charge in [0.05, 0.1) is 12.3 Å². The molecule has 2 rings (SSSR count). The fourth-order valence-corrected chi connectivity index (χ4v) is 3.62. The molecule has 5 nitrogen and oxygen atoms in total. The van der Waals surface area contributed by atoms with Gasteiger partial charge in [-0.2, -0.15) is 0 Å². The highest BCUT2D eigenvalue weighted by Gasteiger charge is 2.15. The molecule has 106 valence electrons. The van der Waals surface area contributed by atoms with E-state index in [1.54, 1.807) is 35.8 Å². The summed E-state index contributed by atoms with van der Waals surface area (Å²) in [6, 6.07) is 6.95. The molecular formula is C12H13N3O2S3. The van der Waals surface area contributed by atoms with Gasteiger partial charge >= 0.3 is 0 Å². The smallest absolute Gasteiger partial charge is 0.216 e. The Morgan fingerprint density at radius 1 is 1.40 bits per heavy atom. The first-order chi connectivity index (χ1) is 9.48. The van der Waals surface area contributed by atoms with Gasteiger partial charge in [-0.25, -0.2) is 18.1 Å². The van der Waals surface area contributed by atoms with Gasteiger partial charge < -0.3 is 5.73 Å². The van der Waals surface area contributed by atoms with Gasteiger partial charge in [0.2, 0.25) is 10.0 Å². The predicted octanol–water partition coefficient (Wildman–Crippen LogP) is 1.40. The van der Waals surface area contributed by atoms with Crippen LogP contribution in [0.25, 0.3) is 0 Å². The molecular weight excluding hydrogens is 314 g/mol. The van der Waals surface area contributed by atoms with E-state index in [-0.39, 0.29) is 17.3 Å². The SMILES string of the molecule is NC(=S)c1ccccc1CS(=O)(=O)NCc1nccs1. The molecule has 0 radical (unpaired) electrons. The minimum atomic E-state index is -3.47. The molecule has 1 heterocycles. The quantitative estimate of drug-likeness (QED) is 0.783. The summed E-state index contributed by atoms with van der Waals surface area (Å²) in [4.78, 5) is 4.21. The van der Waals surface area contributed by atoms with E-state index in [9.17, 15) is 8.42 Å². The Bertz CT molecular complexity index is 696. The fourth-order valence-electron chi connectivity index (χ4n) is 1.65. The first kappa shape index (κ1) is 15.0. The number of nitrogens with two attached hydrogens (primary N) is 1. The summed E-state index contributed by atoms with van der Waals surface area (Å²) < 4.78 is 26.6. The van der Waals surface area contributed by atoms with Crippen LogP contribution in [-0.2, 0) is 22.3 Å². The van der Waals surface area contributed by atoms with Crippen molar-refractivity contribution in [2.75, 3.05) is 0 Å². The number of hydrogen-bond donors (Lipinski definition) is 2. The van der Waals surface area contributed by atoms with Gasteiger partial charge in [-0.15, -0.1) is 11.3 Å². The van der Waals surface area contributed by atoms with Gasteiger partial charge in [-0.05, 0) is 5.56 Å². The molecule has 1 aromatic heterocycles. The maximum Gasteiger partial charge on any atom is 0.216 e. The van der Waals surface area contributed by atoms with Crippen LogP contribution in [0.3, 0.4) is 0 Å². The number of nitrogens with zero attached hydrogens (tertiary/aromatic N) is 1. The second kappa shape index (κ2) is 6.40. The maximum atomic E-state index is 12.1. The summed E-state index contributed by atoms with van der Waals surface area (Å²) in [5, 5.41) is 2.52. The molecule has 0 aliphatic heterocycles. The summed E-state index contributed by atoms with van der Waals surface area (Å²) in [7, 11) is -3.47. The second-order valence-corrected chi connectivity index (χ2v) is 7.25. The van der Waals surface area contributed by atoms with Crippen LogP contribution in [0.2, 0.25) is 0 Å². The lowest BCUT2D eigenvalue weighted by Crippen LogP contribution is -2.26. The van der Waals surface area contributed by atoms with Crippen LogP contribution in [0.15, 0.2) is 35.8 Å². The van der Waals surface area contributed by atoms with Crippen molar-refractivity contribution in [3.63, 3.8) is 0 Å². The zero-order chi connectivity index (χ0) is 14.6.